The zero-order valence-electron chi connectivity index (χ0n) is 14.4. The summed E-state index contributed by atoms with van der Waals surface area (Å²) in [5.74, 6) is -0.314. The van der Waals surface area contributed by atoms with Gasteiger partial charge in [-0.05, 0) is 54.1 Å². The lowest BCUT2D eigenvalue weighted by Gasteiger charge is -2.12. The molecule has 1 aromatic heterocycles. The van der Waals surface area contributed by atoms with Gasteiger partial charge >= 0.3 is 0 Å². The summed E-state index contributed by atoms with van der Waals surface area (Å²) in [4.78, 5) is 26.0. The molecule has 0 spiro atoms. The molecule has 0 aliphatic carbocycles. The van der Waals surface area contributed by atoms with Crippen LogP contribution in [0.1, 0.15) is 10.4 Å². The van der Waals surface area contributed by atoms with Gasteiger partial charge in [0.15, 0.2) is 5.43 Å². The molecule has 0 radical (unpaired) electrons. The molecule has 3 nitrogen and oxygen atoms in total. The second-order valence-electron chi connectivity index (χ2n) is 6.10. The van der Waals surface area contributed by atoms with Crippen LogP contribution in [0.2, 0.25) is 10.0 Å². The van der Waals surface area contributed by atoms with Gasteiger partial charge in [-0.15, -0.1) is 11.3 Å². The molecule has 0 unspecified atom stereocenters. The van der Waals surface area contributed by atoms with Gasteiger partial charge in [0.1, 0.15) is 5.00 Å². The molecule has 0 aliphatic rings. The topological polar surface area (TPSA) is 46.2 Å². The third-order valence-electron chi connectivity index (χ3n) is 4.24. The highest BCUT2D eigenvalue weighted by molar-refractivity contribution is 7.22. The summed E-state index contributed by atoms with van der Waals surface area (Å²) in [6, 6.07) is 21.0. The van der Waals surface area contributed by atoms with Crippen LogP contribution in [0.5, 0.6) is 0 Å². The molecule has 0 saturated carbocycles. The SMILES string of the molecule is O=C(Nc1sc2ccccc2c(=O)c1-c1cccc(Cl)c1)c1ccc(Cl)cc1. The third kappa shape index (κ3) is 3.67. The van der Waals surface area contributed by atoms with Gasteiger partial charge in [0, 0.05) is 25.7 Å². The number of amides is 1. The Balaban J connectivity index is 1.88. The van der Waals surface area contributed by atoms with E-state index in [1.807, 2.05) is 24.3 Å². The molecular weight excluding hydrogens is 413 g/mol. The molecule has 0 aliphatic heterocycles. The number of rotatable bonds is 3. The second-order valence-corrected chi connectivity index (χ2v) is 8.03. The van der Waals surface area contributed by atoms with Gasteiger partial charge in [0.2, 0.25) is 0 Å². The summed E-state index contributed by atoms with van der Waals surface area (Å²) in [5, 5.41) is 5.04. The van der Waals surface area contributed by atoms with Crippen LogP contribution in [0, 0.1) is 0 Å². The first-order valence-electron chi connectivity index (χ1n) is 8.41. The zero-order valence-corrected chi connectivity index (χ0v) is 16.7. The second kappa shape index (κ2) is 7.76. The van der Waals surface area contributed by atoms with Crippen LogP contribution in [-0.4, -0.2) is 5.91 Å². The average Bonchev–Trinajstić information content (AvgIpc) is 2.68. The first-order valence-corrected chi connectivity index (χ1v) is 9.99. The van der Waals surface area contributed by atoms with Crippen LogP contribution in [0.25, 0.3) is 21.2 Å². The number of anilines is 1. The van der Waals surface area contributed by atoms with Crippen LogP contribution in [0.15, 0.2) is 77.6 Å². The summed E-state index contributed by atoms with van der Waals surface area (Å²) in [5.41, 5.74) is 1.39. The monoisotopic (exact) mass is 425 g/mol. The number of carbonyl (C=O) groups excluding carboxylic acids is 1. The Morgan fingerprint density at radius 2 is 1.61 bits per heavy atom. The Morgan fingerprint density at radius 1 is 0.857 bits per heavy atom. The highest BCUT2D eigenvalue weighted by Crippen LogP contribution is 2.34. The first-order chi connectivity index (χ1) is 13.5. The average molecular weight is 426 g/mol. The lowest BCUT2D eigenvalue weighted by Crippen LogP contribution is -2.15. The zero-order chi connectivity index (χ0) is 19.7. The van der Waals surface area contributed by atoms with Crippen molar-refractivity contribution in [1.29, 1.82) is 0 Å². The van der Waals surface area contributed by atoms with E-state index in [1.165, 1.54) is 11.3 Å². The van der Waals surface area contributed by atoms with Crippen LogP contribution < -0.4 is 10.7 Å². The van der Waals surface area contributed by atoms with Crippen molar-refractivity contribution in [3.63, 3.8) is 0 Å². The van der Waals surface area contributed by atoms with E-state index in [0.29, 0.717) is 37.1 Å². The minimum atomic E-state index is -0.314. The summed E-state index contributed by atoms with van der Waals surface area (Å²) >= 11 is 13.4. The molecule has 0 saturated heterocycles. The number of nitrogens with one attached hydrogen (secondary N) is 1. The Hall–Kier alpha value is -2.66. The molecule has 0 fully saturated rings. The van der Waals surface area contributed by atoms with Gasteiger partial charge in [-0.25, -0.2) is 0 Å². The fourth-order valence-electron chi connectivity index (χ4n) is 2.91. The predicted octanol–water partition coefficient (Wildman–Crippen LogP) is 6.49. The lowest BCUT2D eigenvalue weighted by atomic mass is 10.1. The molecule has 28 heavy (non-hydrogen) atoms. The Kier molecular flexibility index (Phi) is 5.18. The van der Waals surface area contributed by atoms with Crippen molar-refractivity contribution in [3.8, 4) is 11.1 Å². The highest BCUT2D eigenvalue weighted by atomic mass is 35.5. The number of carbonyl (C=O) groups is 1. The summed E-state index contributed by atoms with van der Waals surface area (Å²) in [6.45, 7) is 0. The van der Waals surface area contributed by atoms with Gasteiger partial charge < -0.3 is 5.32 Å². The van der Waals surface area contributed by atoms with Crippen LogP contribution in [0.4, 0.5) is 5.00 Å². The maximum Gasteiger partial charge on any atom is 0.256 e. The van der Waals surface area contributed by atoms with Crippen molar-refractivity contribution in [2.75, 3.05) is 5.32 Å². The fraction of sp³-hybridized carbons (Fsp3) is 0. The maximum absolute atomic E-state index is 13.2. The van der Waals surface area contributed by atoms with Crippen molar-refractivity contribution >= 4 is 55.5 Å². The van der Waals surface area contributed by atoms with Crippen molar-refractivity contribution in [2.45, 2.75) is 0 Å². The molecule has 0 atom stereocenters. The van der Waals surface area contributed by atoms with Gasteiger partial charge in [-0.2, -0.15) is 0 Å². The van der Waals surface area contributed by atoms with Crippen molar-refractivity contribution in [3.05, 3.63) is 98.6 Å². The van der Waals surface area contributed by atoms with Gasteiger partial charge in [-0.1, -0.05) is 47.5 Å². The largest absolute Gasteiger partial charge is 0.313 e. The lowest BCUT2D eigenvalue weighted by molar-refractivity contribution is 0.102. The molecule has 1 heterocycles. The van der Waals surface area contributed by atoms with E-state index in [4.69, 9.17) is 23.2 Å². The number of benzene rings is 3. The standard InChI is InChI=1S/C22H13Cl2NO2S/c23-15-10-8-13(9-11-15)21(27)25-22-19(14-4-3-5-16(24)12-14)20(26)17-6-1-2-7-18(17)28-22/h1-12H,(H,25,27). The van der Waals surface area contributed by atoms with E-state index in [1.54, 1.807) is 48.5 Å². The van der Waals surface area contributed by atoms with Crippen molar-refractivity contribution in [2.24, 2.45) is 0 Å². The minimum Gasteiger partial charge on any atom is -0.313 e. The van der Waals surface area contributed by atoms with Gasteiger partial charge in [0.25, 0.3) is 5.91 Å². The maximum atomic E-state index is 13.2. The molecule has 1 amide bonds. The van der Waals surface area contributed by atoms with E-state index in [0.717, 1.165) is 4.70 Å². The predicted molar refractivity (Wildman–Crippen MR) is 118 cm³/mol. The number of hydrogen-bond acceptors (Lipinski definition) is 3. The molecule has 0 bridgehead atoms. The van der Waals surface area contributed by atoms with E-state index >= 15 is 0 Å². The number of fused-ring (bicyclic) bond motifs is 1. The fourth-order valence-corrected chi connectivity index (χ4v) is 4.32. The number of hydrogen-bond donors (Lipinski definition) is 1. The molecule has 3 aromatic carbocycles. The van der Waals surface area contributed by atoms with Crippen LogP contribution in [0.3, 0.4) is 0 Å². The first kappa shape index (κ1) is 18.7. The van der Waals surface area contributed by atoms with Crippen LogP contribution >= 0.6 is 34.5 Å². The molecule has 4 rings (SSSR count). The molecular formula is C22H13Cl2NO2S. The summed E-state index contributed by atoms with van der Waals surface area (Å²) < 4.78 is 0.796. The van der Waals surface area contributed by atoms with Gasteiger partial charge in [-0.3, -0.25) is 9.59 Å². The Morgan fingerprint density at radius 3 is 2.36 bits per heavy atom. The molecule has 138 valence electrons. The van der Waals surface area contributed by atoms with Crippen molar-refractivity contribution in [1.82, 2.24) is 0 Å². The number of halogens is 2. The highest BCUT2D eigenvalue weighted by Gasteiger charge is 2.17. The summed E-state index contributed by atoms with van der Waals surface area (Å²) in [7, 11) is 0. The quantitative estimate of drug-likeness (QED) is 0.407. The Labute approximate surface area is 175 Å². The smallest absolute Gasteiger partial charge is 0.256 e. The normalized spacial score (nSPS) is 10.8. The summed E-state index contributed by atoms with van der Waals surface area (Å²) in [6.07, 6.45) is 0. The Bertz CT molecular complexity index is 1250. The minimum absolute atomic E-state index is 0.150. The van der Waals surface area contributed by atoms with Crippen molar-refractivity contribution < 1.29 is 4.79 Å². The molecule has 6 heteroatoms. The van der Waals surface area contributed by atoms with E-state index in [9.17, 15) is 9.59 Å². The molecule has 4 aromatic rings. The molecule has 1 N–H and O–H groups in total. The van der Waals surface area contributed by atoms with Crippen LogP contribution in [-0.2, 0) is 0 Å². The van der Waals surface area contributed by atoms with E-state index in [-0.39, 0.29) is 11.3 Å². The van der Waals surface area contributed by atoms with E-state index < -0.39 is 0 Å². The third-order valence-corrected chi connectivity index (χ3v) is 5.82. The van der Waals surface area contributed by atoms with E-state index in [2.05, 4.69) is 5.32 Å². The van der Waals surface area contributed by atoms with Gasteiger partial charge in [0.05, 0.1) is 5.56 Å².